The Bertz CT molecular complexity index is 1130. The van der Waals surface area contributed by atoms with Crippen molar-refractivity contribution in [2.75, 3.05) is 17.2 Å². The molecular formula is C24H25BrN2O4S. The summed E-state index contributed by atoms with van der Waals surface area (Å²) in [5, 5.41) is 2.90. The summed E-state index contributed by atoms with van der Waals surface area (Å²) in [7, 11) is -3.47. The van der Waals surface area contributed by atoms with Crippen LogP contribution in [0.4, 0.5) is 5.69 Å². The lowest BCUT2D eigenvalue weighted by Gasteiger charge is -2.23. The van der Waals surface area contributed by atoms with Gasteiger partial charge in [0.1, 0.15) is 5.75 Å². The average molecular weight is 517 g/mol. The molecule has 1 N–H and O–H groups in total. The molecule has 3 rings (SSSR count). The third kappa shape index (κ3) is 6.83. The first-order chi connectivity index (χ1) is 15.2. The number of benzene rings is 3. The van der Waals surface area contributed by atoms with Crippen LogP contribution in [0.5, 0.6) is 5.75 Å². The number of amides is 1. The maximum Gasteiger partial charge on any atom is 0.258 e. The number of carbonyl (C=O) groups excluding carboxylic acids is 1. The van der Waals surface area contributed by atoms with E-state index < -0.39 is 10.0 Å². The highest BCUT2D eigenvalue weighted by Crippen LogP contribution is 2.24. The van der Waals surface area contributed by atoms with Gasteiger partial charge in [0.2, 0.25) is 10.0 Å². The van der Waals surface area contributed by atoms with E-state index in [2.05, 4.69) is 21.2 Å². The SMILES string of the molecule is C[C@@H](NC(=O)COc1ccc(N(Cc2ccccc2)S(C)(=O)=O)cc1)c1ccc(Br)cc1. The first-order valence-electron chi connectivity index (χ1n) is 10.0. The van der Waals surface area contributed by atoms with Crippen molar-refractivity contribution in [1.29, 1.82) is 0 Å². The summed E-state index contributed by atoms with van der Waals surface area (Å²) in [6.45, 7) is 2.00. The first kappa shape index (κ1) is 23.8. The summed E-state index contributed by atoms with van der Waals surface area (Å²) >= 11 is 3.39. The minimum absolute atomic E-state index is 0.139. The number of nitrogens with zero attached hydrogens (tertiary/aromatic N) is 1. The van der Waals surface area contributed by atoms with Crippen LogP contribution in [0, 0.1) is 0 Å². The number of carbonyl (C=O) groups is 1. The lowest BCUT2D eigenvalue weighted by atomic mass is 10.1. The predicted octanol–water partition coefficient (Wildman–Crippen LogP) is 4.67. The van der Waals surface area contributed by atoms with Gasteiger partial charge in [0.05, 0.1) is 24.5 Å². The molecular weight excluding hydrogens is 492 g/mol. The quantitative estimate of drug-likeness (QED) is 0.448. The third-order valence-electron chi connectivity index (χ3n) is 4.81. The number of ether oxygens (including phenoxy) is 1. The lowest BCUT2D eigenvalue weighted by molar-refractivity contribution is -0.123. The molecule has 0 bridgehead atoms. The molecule has 0 spiro atoms. The van der Waals surface area contributed by atoms with Gasteiger partial charge < -0.3 is 10.1 Å². The van der Waals surface area contributed by atoms with E-state index in [1.54, 1.807) is 24.3 Å². The highest BCUT2D eigenvalue weighted by Gasteiger charge is 2.18. The van der Waals surface area contributed by atoms with Gasteiger partial charge in [-0.05, 0) is 54.4 Å². The molecule has 0 heterocycles. The number of hydrogen-bond donors (Lipinski definition) is 1. The molecule has 32 heavy (non-hydrogen) atoms. The van der Waals surface area contributed by atoms with Crippen LogP contribution in [-0.4, -0.2) is 27.2 Å². The van der Waals surface area contributed by atoms with E-state index in [-0.39, 0.29) is 25.1 Å². The van der Waals surface area contributed by atoms with Crippen molar-refractivity contribution in [3.63, 3.8) is 0 Å². The van der Waals surface area contributed by atoms with Gasteiger partial charge in [-0.2, -0.15) is 0 Å². The molecule has 0 fully saturated rings. The van der Waals surface area contributed by atoms with Gasteiger partial charge in [0.15, 0.2) is 6.61 Å². The Morgan fingerprint density at radius 2 is 1.62 bits per heavy atom. The van der Waals surface area contributed by atoms with Crippen LogP contribution in [0.2, 0.25) is 0 Å². The van der Waals surface area contributed by atoms with Crippen LogP contribution in [-0.2, 0) is 21.4 Å². The predicted molar refractivity (Wildman–Crippen MR) is 130 cm³/mol. The molecule has 0 aromatic heterocycles. The van der Waals surface area contributed by atoms with Gasteiger partial charge in [-0.15, -0.1) is 0 Å². The monoisotopic (exact) mass is 516 g/mol. The highest BCUT2D eigenvalue weighted by molar-refractivity contribution is 9.10. The molecule has 0 aliphatic rings. The van der Waals surface area contributed by atoms with E-state index in [4.69, 9.17) is 4.74 Å². The standard InChI is InChI=1S/C24H25BrN2O4S/c1-18(20-8-10-21(25)11-9-20)26-24(28)17-31-23-14-12-22(13-15-23)27(32(2,29)30)16-19-6-4-3-5-7-19/h3-15,18H,16-17H2,1-2H3,(H,26,28)/t18-/m1/s1. The van der Waals surface area contributed by atoms with Gasteiger partial charge in [-0.3, -0.25) is 9.10 Å². The summed E-state index contributed by atoms with van der Waals surface area (Å²) < 4.78 is 32.5. The van der Waals surface area contributed by atoms with Crippen molar-refractivity contribution in [3.8, 4) is 5.75 Å². The summed E-state index contributed by atoms with van der Waals surface area (Å²) in [6.07, 6.45) is 1.18. The molecule has 0 saturated carbocycles. The maximum atomic E-state index is 12.3. The van der Waals surface area contributed by atoms with Crippen LogP contribution in [0.1, 0.15) is 24.1 Å². The second-order valence-electron chi connectivity index (χ2n) is 7.38. The van der Waals surface area contributed by atoms with E-state index in [9.17, 15) is 13.2 Å². The van der Waals surface area contributed by atoms with E-state index in [0.29, 0.717) is 11.4 Å². The summed E-state index contributed by atoms with van der Waals surface area (Å²) in [4.78, 5) is 12.2. The van der Waals surface area contributed by atoms with E-state index in [1.165, 1.54) is 10.6 Å². The number of sulfonamides is 1. The molecule has 0 unspecified atom stereocenters. The number of rotatable bonds is 9. The normalized spacial score (nSPS) is 12.1. The lowest BCUT2D eigenvalue weighted by Crippen LogP contribution is -2.31. The fourth-order valence-corrected chi connectivity index (χ4v) is 4.28. The van der Waals surface area contributed by atoms with Crippen molar-refractivity contribution in [1.82, 2.24) is 5.32 Å². The van der Waals surface area contributed by atoms with Gasteiger partial charge in [-0.25, -0.2) is 8.42 Å². The molecule has 0 aliphatic heterocycles. The Morgan fingerprint density at radius 3 is 2.22 bits per heavy atom. The van der Waals surface area contributed by atoms with Crippen molar-refractivity contribution >= 4 is 37.5 Å². The minimum Gasteiger partial charge on any atom is -0.484 e. The summed E-state index contributed by atoms with van der Waals surface area (Å²) in [5.41, 5.74) is 2.40. The molecule has 0 aliphatic carbocycles. The van der Waals surface area contributed by atoms with Gasteiger partial charge in [-0.1, -0.05) is 58.4 Å². The number of halogens is 1. The van der Waals surface area contributed by atoms with Crippen LogP contribution < -0.4 is 14.4 Å². The zero-order valence-electron chi connectivity index (χ0n) is 17.9. The maximum absolute atomic E-state index is 12.3. The topological polar surface area (TPSA) is 75.7 Å². The van der Waals surface area contributed by atoms with Crippen LogP contribution in [0.25, 0.3) is 0 Å². The van der Waals surface area contributed by atoms with Crippen LogP contribution in [0.3, 0.4) is 0 Å². The largest absolute Gasteiger partial charge is 0.484 e. The molecule has 168 valence electrons. The molecule has 0 radical (unpaired) electrons. The summed E-state index contributed by atoms with van der Waals surface area (Å²) in [5.74, 6) is 0.236. The van der Waals surface area contributed by atoms with Crippen LogP contribution in [0.15, 0.2) is 83.3 Å². The molecule has 3 aromatic carbocycles. The van der Waals surface area contributed by atoms with Gasteiger partial charge >= 0.3 is 0 Å². The number of nitrogens with one attached hydrogen (secondary N) is 1. The second kappa shape index (κ2) is 10.7. The number of anilines is 1. The number of hydrogen-bond acceptors (Lipinski definition) is 4. The van der Waals surface area contributed by atoms with Crippen molar-refractivity contribution in [2.45, 2.75) is 19.5 Å². The second-order valence-corrected chi connectivity index (χ2v) is 10.2. The smallest absolute Gasteiger partial charge is 0.258 e. The average Bonchev–Trinajstić information content (AvgIpc) is 2.77. The Balaban J connectivity index is 1.59. The highest BCUT2D eigenvalue weighted by atomic mass is 79.9. The van der Waals surface area contributed by atoms with E-state index in [0.717, 1.165) is 15.6 Å². The first-order valence-corrected chi connectivity index (χ1v) is 12.7. The van der Waals surface area contributed by atoms with Crippen LogP contribution >= 0.6 is 15.9 Å². The molecule has 1 atom stereocenters. The third-order valence-corrected chi connectivity index (χ3v) is 6.48. The molecule has 3 aromatic rings. The summed E-state index contributed by atoms with van der Waals surface area (Å²) in [6, 6.07) is 23.6. The molecule has 0 saturated heterocycles. The van der Waals surface area contributed by atoms with Crippen molar-refractivity contribution in [2.24, 2.45) is 0 Å². The van der Waals surface area contributed by atoms with Gasteiger partial charge in [0, 0.05) is 4.47 Å². The Morgan fingerprint density at radius 1 is 1.00 bits per heavy atom. The zero-order valence-corrected chi connectivity index (χ0v) is 20.3. The Kier molecular flexibility index (Phi) is 7.93. The van der Waals surface area contributed by atoms with Gasteiger partial charge in [0.25, 0.3) is 5.91 Å². The van der Waals surface area contributed by atoms with E-state index >= 15 is 0 Å². The molecule has 1 amide bonds. The van der Waals surface area contributed by atoms with Crippen molar-refractivity contribution in [3.05, 3.63) is 94.5 Å². The van der Waals surface area contributed by atoms with E-state index in [1.807, 2.05) is 61.5 Å². The fourth-order valence-electron chi connectivity index (χ4n) is 3.12. The minimum atomic E-state index is -3.47. The Labute approximate surface area is 197 Å². The zero-order chi connectivity index (χ0) is 23.1. The molecule has 6 nitrogen and oxygen atoms in total. The van der Waals surface area contributed by atoms with Crippen molar-refractivity contribution < 1.29 is 17.9 Å². The fraction of sp³-hybridized carbons (Fsp3) is 0.208. The Hall–Kier alpha value is -2.84. The molecule has 8 heteroatoms.